The molecule has 7 heteroatoms. The van der Waals surface area contributed by atoms with Crippen LogP contribution in [0, 0.1) is 0 Å². The van der Waals surface area contributed by atoms with Crippen LogP contribution in [0.4, 0.5) is 5.00 Å². The molecule has 2 N–H and O–H groups in total. The van der Waals surface area contributed by atoms with Gasteiger partial charge in [-0.05, 0) is 44.6 Å². The monoisotopic (exact) mass is 394 g/mol. The fourth-order valence-electron chi connectivity index (χ4n) is 3.32. The first-order valence-corrected chi connectivity index (χ1v) is 10.6. The molecule has 0 fully saturated rings. The molecule has 1 heterocycles. The van der Waals surface area contributed by atoms with Gasteiger partial charge in [-0.1, -0.05) is 26.2 Å². The molecule has 0 unspecified atom stereocenters. The summed E-state index contributed by atoms with van der Waals surface area (Å²) in [5, 5.41) is 6.14. The number of hydrogen-bond donors (Lipinski definition) is 2. The molecule has 0 aliphatic heterocycles. The van der Waals surface area contributed by atoms with Crippen molar-refractivity contribution in [3.63, 3.8) is 0 Å². The zero-order valence-corrected chi connectivity index (χ0v) is 17.3. The Balaban J connectivity index is 1.96. The molecular weight excluding hydrogens is 364 g/mol. The Morgan fingerprint density at radius 3 is 2.63 bits per heavy atom. The van der Waals surface area contributed by atoms with E-state index < -0.39 is 5.97 Å². The van der Waals surface area contributed by atoms with Crippen molar-refractivity contribution < 1.29 is 19.1 Å². The Bertz CT molecular complexity index is 684. The van der Waals surface area contributed by atoms with Crippen LogP contribution in [0.25, 0.3) is 0 Å². The van der Waals surface area contributed by atoms with Gasteiger partial charge in [-0.2, -0.15) is 0 Å². The van der Waals surface area contributed by atoms with Crippen LogP contribution in [0.5, 0.6) is 0 Å². The van der Waals surface area contributed by atoms with Gasteiger partial charge in [0.25, 0.3) is 5.91 Å². The predicted molar refractivity (Wildman–Crippen MR) is 107 cm³/mol. The number of hydrogen-bond acceptors (Lipinski definition) is 5. The molecular formula is C20H30N2O4S. The third kappa shape index (κ3) is 6.34. The Morgan fingerprint density at radius 2 is 1.93 bits per heavy atom. The number of esters is 1. The first-order chi connectivity index (χ1) is 12.9. The lowest BCUT2D eigenvalue weighted by atomic mass is 9.95. The molecule has 0 radical (unpaired) electrons. The SMILES string of the molecule is CCCCC[C@H](C)NC(=O)COC(=O)c1c(NC(C)=O)sc2c1CCCC2. The molecule has 1 aromatic rings. The quantitative estimate of drug-likeness (QED) is 0.492. The van der Waals surface area contributed by atoms with Crippen molar-refractivity contribution in [2.45, 2.75) is 78.2 Å². The summed E-state index contributed by atoms with van der Waals surface area (Å²) in [6.07, 6.45) is 8.08. The van der Waals surface area contributed by atoms with Crippen LogP contribution in [-0.4, -0.2) is 30.4 Å². The second kappa shape index (κ2) is 10.4. The maximum absolute atomic E-state index is 12.6. The van der Waals surface area contributed by atoms with Crippen molar-refractivity contribution in [1.29, 1.82) is 0 Å². The van der Waals surface area contributed by atoms with Crippen molar-refractivity contribution in [3.8, 4) is 0 Å². The maximum Gasteiger partial charge on any atom is 0.341 e. The number of anilines is 1. The molecule has 1 atom stereocenters. The molecule has 150 valence electrons. The lowest BCUT2D eigenvalue weighted by Crippen LogP contribution is -2.35. The Kier molecular flexibility index (Phi) is 8.28. The van der Waals surface area contributed by atoms with Crippen LogP contribution in [-0.2, 0) is 27.2 Å². The van der Waals surface area contributed by atoms with E-state index in [2.05, 4.69) is 17.6 Å². The molecule has 1 aliphatic rings. The van der Waals surface area contributed by atoms with Gasteiger partial charge in [0.05, 0.1) is 5.56 Å². The van der Waals surface area contributed by atoms with Gasteiger partial charge in [0.2, 0.25) is 5.91 Å². The first-order valence-electron chi connectivity index (χ1n) is 9.81. The highest BCUT2D eigenvalue weighted by Gasteiger charge is 2.27. The molecule has 0 aromatic carbocycles. The molecule has 1 aliphatic carbocycles. The van der Waals surface area contributed by atoms with Crippen LogP contribution in [0.2, 0.25) is 0 Å². The van der Waals surface area contributed by atoms with Gasteiger partial charge >= 0.3 is 5.97 Å². The van der Waals surface area contributed by atoms with E-state index in [1.54, 1.807) is 0 Å². The average Bonchev–Trinajstić information content (AvgIpc) is 2.97. The van der Waals surface area contributed by atoms with Gasteiger partial charge in [0.1, 0.15) is 5.00 Å². The number of ether oxygens (including phenoxy) is 1. The zero-order valence-electron chi connectivity index (χ0n) is 16.5. The smallest absolute Gasteiger partial charge is 0.341 e. The second-order valence-corrected chi connectivity index (χ2v) is 8.24. The Morgan fingerprint density at radius 1 is 1.19 bits per heavy atom. The van der Waals surface area contributed by atoms with E-state index in [9.17, 15) is 14.4 Å². The minimum absolute atomic E-state index is 0.0617. The molecule has 0 spiro atoms. The lowest BCUT2D eigenvalue weighted by molar-refractivity contribution is -0.124. The summed E-state index contributed by atoms with van der Waals surface area (Å²) in [7, 11) is 0. The lowest BCUT2D eigenvalue weighted by Gasteiger charge is -2.15. The first kappa shape index (κ1) is 21.4. The molecule has 1 aromatic heterocycles. The Labute approximate surface area is 165 Å². The number of carbonyl (C=O) groups excluding carboxylic acids is 3. The van der Waals surface area contributed by atoms with Crippen molar-refractivity contribution >= 4 is 34.1 Å². The minimum Gasteiger partial charge on any atom is -0.452 e. The highest BCUT2D eigenvalue weighted by atomic mass is 32.1. The predicted octanol–water partition coefficient (Wildman–Crippen LogP) is 3.83. The largest absolute Gasteiger partial charge is 0.452 e. The normalized spacial score (nSPS) is 14.2. The second-order valence-electron chi connectivity index (χ2n) is 7.14. The molecule has 2 amide bonds. The van der Waals surface area contributed by atoms with Gasteiger partial charge in [-0.3, -0.25) is 9.59 Å². The van der Waals surface area contributed by atoms with Crippen molar-refractivity contribution in [2.75, 3.05) is 11.9 Å². The van der Waals surface area contributed by atoms with Crippen LogP contribution >= 0.6 is 11.3 Å². The van der Waals surface area contributed by atoms with E-state index >= 15 is 0 Å². The summed E-state index contributed by atoms with van der Waals surface area (Å²) < 4.78 is 5.27. The standard InChI is InChI=1S/C20H30N2O4S/c1-4-5-6-9-13(2)21-17(24)12-26-20(25)18-15-10-7-8-11-16(15)27-19(18)22-14(3)23/h13H,4-12H2,1-3H3,(H,21,24)(H,22,23)/t13-/m0/s1. The number of amides is 2. The number of fused-ring (bicyclic) bond motifs is 1. The Hall–Kier alpha value is -1.89. The van der Waals surface area contributed by atoms with Gasteiger partial charge in [-0.25, -0.2) is 4.79 Å². The molecule has 0 saturated heterocycles. The van der Waals surface area contributed by atoms with E-state index in [1.165, 1.54) is 18.3 Å². The van der Waals surface area contributed by atoms with Gasteiger partial charge in [0.15, 0.2) is 6.61 Å². The summed E-state index contributed by atoms with van der Waals surface area (Å²) >= 11 is 1.44. The van der Waals surface area contributed by atoms with Crippen LogP contribution in [0.15, 0.2) is 0 Å². The third-order valence-electron chi connectivity index (χ3n) is 4.65. The molecule has 0 saturated carbocycles. The highest BCUT2D eigenvalue weighted by Crippen LogP contribution is 2.38. The number of carbonyl (C=O) groups is 3. The zero-order chi connectivity index (χ0) is 19.8. The highest BCUT2D eigenvalue weighted by molar-refractivity contribution is 7.17. The topological polar surface area (TPSA) is 84.5 Å². The maximum atomic E-state index is 12.6. The summed E-state index contributed by atoms with van der Waals surface area (Å²) in [6, 6.07) is 0.0617. The van der Waals surface area contributed by atoms with Gasteiger partial charge in [-0.15, -0.1) is 11.3 Å². The van der Waals surface area contributed by atoms with Crippen molar-refractivity contribution in [3.05, 3.63) is 16.0 Å². The van der Waals surface area contributed by atoms with Crippen molar-refractivity contribution in [2.24, 2.45) is 0 Å². The third-order valence-corrected chi connectivity index (χ3v) is 5.85. The van der Waals surface area contributed by atoms with Crippen LogP contribution in [0.3, 0.4) is 0 Å². The van der Waals surface area contributed by atoms with Gasteiger partial charge in [0, 0.05) is 17.8 Å². The van der Waals surface area contributed by atoms with E-state index in [4.69, 9.17) is 4.74 Å². The van der Waals surface area contributed by atoms with Crippen LogP contribution in [0.1, 0.15) is 80.1 Å². The van der Waals surface area contributed by atoms with E-state index in [1.807, 2.05) is 6.92 Å². The van der Waals surface area contributed by atoms with Crippen LogP contribution < -0.4 is 10.6 Å². The molecule has 0 bridgehead atoms. The molecule has 6 nitrogen and oxygen atoms in total. The number of nitrogens with one attached hydrogen (secondary N) is 2. The summed E-state index contributed by atoms with van der Waals surface area (Å²) in [4.78, 5) is 37.3. The number of thiophene rings is 1. The average molecular weight is 395 g/mol. The fraction of sp³-hybridized carbons (Fsp3) is 0.650. The summed E-state index contributed by atoms with van der Waals surface area (Å²) in [5.74, 6) is -1.05. The van der Waals surface area contributed by atoms with E-state index in [-0.39, 0.29) is 24.5 Å². The minimum atomic E-state index is -0.535. The number of aryl methyl sites for hydroxylation is 1. The summed E-state index contributed by atoms with van der Waals surface area (Å²) in [5.41, 5.74) is 1.39. The number of rotatable bonds is 9. The number of unbranched alkanes of at least 4 members (excludes halogenated alkanes) is 2. The van der Waals surface area contributed by atoms with E-state index in [0.717, 1.165) is 61.8 Å². The van der Waals surface area contributed by atoms with E-state index in [0.29, 0.717) is 10.6 Å². The van der Waals surface area contributed by atoms with Gasteiger partial charge < -0.3 is 15.4 Å². The fourth-order valence-corrected chi connectivity index (χ4v) is 4.65. The van der Waals surface area contributed by atoms with Crippen molar-refractivity contribution in [1.82, 2.24) is 5.32 Å². The molecule has 2 rings (SSSR count). The summed E-state index contributed by atoms with van der Waals surface area (Å²) in [6.45, 7) is 5.21. The molecule has 27 heavy (non-hydrogen) atoms.